The molecule has 1 heterocycles. The van der Waals surface area contributed by atoms with Crippen molar-refractivity contribution in [3.05, 3.63) is 143 Å². The van der Waals surface area contributed by atoms with E-state index in [2.05, 4.69) is 91.0 Å². The lowest BCUT2D eigenvalue weighted by atomic mass is 9.89. The van der Waals surface area contributed by atoms with Gasteiger partial charge in [0.1, 0.15) is 6.54 Å². The van der Waals surface area contributed by atoms with Crippen molar-refractivity contribution in [2.75, 3.05) is 26.7 Å². The second kappa shape index (κ2) is 17.6. The molecule has 2 amide bonds. The quantitative estimate of drug-likeness (QED) is 0.107. The fraction of sp³-hybridized carbons (Fsp3) is 0.318. The molecular formula is C44H49N3O6. The molecule has 5 aromatic rings. The van der Waals surface area contributed by atoms with Crippen LogP contribution < -0.4 is 10.6 Å². The molecule has 5 unspecified atom stereocenters. The first kappa shape index (κ1) is 37.7. The fourth-order valence-corrected chi connectivity index (χ4v) is 6.83. The first-order valence-corrected chi connectivity index (χ1v) is 18.3. The lowest BCUT2D eigenvalue weighted by molar-refractivity contribution is -0.276. The highest BCUT2D eigenvalue weighted by Gasteiger charge is 2.39. The van der Waals surface area contributed by atoms with E-state index in [1.54, 1.807) is 6.92 Å². The summed E-state index contributed by atoms with van der Waals surface area (Å²) in [6.45, 7) is 7.19. The summed E-state index contributed by atoms with van der Waals surface area (Å²) in [6.07, 6.45) is -0.989. The maximum atomic E-state index is 12.3. The van der Waals surface area contributed by atoms with E-state index in [1.807, 2.05) is 60.7 Å². The third kappa shape index (κ3) is 9.49. The molecule has 9 nitrogen and oxygen atoms in total. The zero-order valence-electron chi connectivity index (χ0n) is 30.8. The molecule has 1 saturated heterocycles. The van der Waals surface area contributed by atoms with Crippen LogP contribution in [0.2, 0.25) is 0 Å². The van der Waals surface area contributed by atoms with Crippen LogP contribution in [0.3, 0.4) is 0 Å². The maximum Gasteiger partial charge on any atom is 0.325 e. The summed E-state index contributed by atoms with van der Waals surface area (Å²) < 4.78 is 18.5. The number of aliphatic hydroxyl groups excluding tert-OH is 1. The number of ether oxygens (including phenoxy) is 3. The predicted molar refractivity (Wildman–Crippen MR) is 207 cm³/mol. The molecule has 9 heteroatoms. The van der Waals surface area contributed by atoms with E-state index < -0.39 is 18.3 Å². The zero-order chi connectivity index (χ0) is 37.3. The number of amides is 2. The average molecular weight is 716 g/mol. The maximum absolute atomic E-state index is 12.3. The SMILES string of the molecule is CCOC(=O)CNC(=O)NCc1cccc(-c2cccc(C3OC(CN(C)C(C)c4ccc5ccccc5c4)C(C)C(c4ccc(CO)cc4)O3)c2)c1. The Morgan fingerprint density at radius 3 is 2.30 bits per heavy atom. The molecule has 1 fully saturated rings. The Morgan fingerprint density at radius 1 is 0.811 bits per heavy atom. The summed E-state index contributed by atoms with van der Waals surface area (Å²) in [7, 11) is 2.15. The Labute approximate surface area is 311 Å². The van der Waals surface area contributed by atoms with E-state index in [0.29, 0.717) is 13.1 Å². The van der Waals surface area contributed by atoms with Gasteiger partial charge in [-0.25, -0.2) is 4.79 Å². The zero-order valence-corrected chi connectivity index (χ0v) is 30.8. The van der Waals surface area contributed by atoms with E-state index in [0.717, 1.165) is 33.4 Å². The van der Waals surface area contributed by atoms with Gasteiger partial charge < -0.3 is 30.0 Å². The van der Waals surface area contributed by atoms with Gasteiger partial charge in [-0.05, 0) is 83.2 Å². The molecular weight excluding hydrogens is 666 g/mol. The van der Waals surface area contributed by atoms with E-state index >= 15 is 0 Å². The molecule has 276 valence electrons. The van der Waals surface area contributed by atoms with Crippen molar-refractivity contribution < 1.29 is 28.9 Å². The smallest absolute Gasteiger partial charge is 0.325 e. The lowest BCUT2D eigenvalue weighted by Gasteiger charge is -2.43. The minimum Gasteiger partial charge on any atom is -0.465 e. The minimum absolute atomic E-state index is 0.0140. The number of urea groups is 1. The number of hydrogen-bond donors (Lipinski definition) is 3. The van der Waals surface area contributed by atoms with Gasteiger partial charge in [0.15, 0.2) is 6.29 Å². The van der Waals surface area contributed by atoms with Crippen molar-refractivity contribution in [3.63, 3.8) is 0 Å². The molecule has 1 aliphatic heterocycles. The van der Waals surface area contributed by atoms with Crippen LogP contribution in [0.4, 0.5) is 4.79 Å². The largest absolute Gasteiger partial charge is 0.465 e. The average Bonchev–Trinajstić information content (AvgIpc) is 3.19. The molecule has 0 spiro atoms. The fourth-order valence-electron chi connectivity index (χ4n) is 6.83. The Bertz CT molecular complexity index is 2000. The lowest BCUT2D eigenvalue weighted by Crippen LogP contribution is -2.44. The van der Waals surface area contributed by atoms with Gasteiger partial charge in [-0.2, -0.15) is 0 Å². The van der Waals surface area contributed by atoms with Gasteiger partial charge in [-0.1, -0.05) is 104 Å². The number of esters is 1. The van der Waals surface area contributed by atoms with Gasteiger partial charge in [0.05, 0.1) is 25.4 Å². The molecule has 5 atom stereocenters. The van der Waals surface area contributed by atoms with Crippen LogP contribution in [-0.4, -0.2) is 54.9 Å². The van der Waals surface area contributed by atoms with Crippen LogP contribution in [0.15, 0.2) is 115 Å². The Hall–Kier alpha value is -5.06. The van der Waals surface area contributed by atoms with Gasteiger partial charge in [0.25, 0.3) is 0 Å². The molecule has 1 aliphatic rings. The van der Waals surface area contributed by atoms with Crippen LogP contribution >= 0.6 is 0 Å². The van der Waals surface area contributed by atoms with Crippen molar-refractivity contribution in [1.82, 2.24) is 15.5 Å². The van der Waals surface area contributed by atoms with E-state index in [1.165, 1.54) is 16.3 Å². The summed E-state index contributed by atoms with van der Waals surface area (Å²) in [6, 6.07) is 39.0. The van der Waals surface area contributed by atoms with Crippen molar-refractivity contribution >= 4 is 22.8 Å². The molecule has 0 radical (unpaired) electrons. The van der Waals surface area contributed by atoms with Gasteiger partial charge in [0, 0.05) is 30.6 Å². The normalized spacial score (nSPS) is 19.1. The number of likely N-dealkylation sites (N-methyl/N-ethyl adjacent to an activating group) is 1. The van der Waals surface area contributed by atoms with Gasteiger partial charge in [0.2, 0.25) is 0 Å². The van der Waals surface area contributed by atoms with Gasteiger partial charge >= 0.3 is 12.0 Å². The standard InChI is InChI=1S/C44H49N3O6/c1-5-51-41(49)26-46-44(50)45-25-32-10-8-13-36(22-32)38-14-9-15-39(24-38)43-52-40(29(2)42(53-43)34-18-16-31(28-48)17-19-34)27-47(4)30(3)35-21-20-33-11-6-7-12-37(33)23-35/h6-24,29-30,40,42-43,48H,5,25-28H2,1-4H3,(H2,45,46,50). The second-order valence-corrected chi connectivity index (χ2v) is 13.7. The van der Waals surface area contributed by atoms with Crippen LogP contribution in [-0.2, 0) is 32.2 Å². The van der Waals surface area contributed by atoms with Crippen molar-refractivity contribution in [3.8, 4) is 11.1 Å². The highest BCUT2D eigenvalue weighted by Crippen LogP contribution is 2.43. The predicted octanol–water partition coefficient (Wildman–Crippen LogP) is 7.85. The summed E-state index contributed by atoms with van der Waals surface area (Å²) in [5.41, 5.74) is 6.94. The van der Waals surface area contributed by atoms with Crippen LogP contribution in [0.1, 0.15) is 67.0 Å². The van der Waals surface area contributed by atoms with Crippen LogP contribution in [0.5, 0.6) is 0 Å². The van der Waals surface area contributed by atoms with Crippen molar-refractivity contribution in [2.45, 2.75) is 58.5 Å². The van der Waals surface area contributed by atoms with Gasteiger partial charge in [-0.15, -0.1) is 0 Å². The van der Waals surface area contributed by atoms with Crippen LogP contribution in [0, 0.1) is 5.92 Å². The molecule has 3 N–H and O–H groups in total. The molecule has 0 bridgehead atoms. The summed E-state index contributed by atoms with van der Waals surface area (Å²) >= 11 is 0. The Morgan fingerprint density at radius 2 is 1.55 bits per heavy atom. The topological polar surface area (TPSA) is 109 Å². The number of nitrogens with zero attached hydrogens (tertiary/aromatic N) is 1. The second-order valence-electron chi connectivity index (χ2n) is 13.7. The Balaban J connectivity index is 1.20. The summed E-state index contributed by atoms with van der Waals surface area (Å²) in [5, 5.41) is 17.5. The highest BCUT2D eigenvalue weighted by molar-refractivity contribution is 5.83. The number of carbonyl (C=O) groups excluding carboxylic acids is 2. The summed E-state index contributed by atoms with van der Waals surface area (Å²) in [4.78, 5) is 26.2. The number of nitrogens with one attached hydrogen (secondary N) is 2. The number of fused-ring (bicyclic) bond motifs is 1. The third-order valence-corrected chi connectivity index (χ3v) is 10.1. The number of rotatable bonds is 13. The number of aliphatic hydroxyl groups is 1. The first-order valence-electron chi connectivity index (χ1n) is 18.3. The van der Waals surface area contributed by atoms with E-state index in [4.69, 9.17) is 14.2 Å². The number of benzene rings is 5. The first-order chi connectivity index (χ1) is 25.7. The molecule has 53 heavy (non-hydrogen) atoms. The third-order valence-electron chi connectivity index (χ3n) is 10.1. The van der Waals surface area contributed by atoms with Crippen molar-refractivity contribution in [2.24, 2.45) is 5.92 Å². The molecule has 6 rings (SSSR count). The molecule has 5 aromatic carbocycles. The molecule has 0 aromatic heterocycles. The summed E-state index contributed by atoms with van der Waals surface area (Å²) in [5.74, 6) is -0.441. The highest BCUT2D eigenvalue weighted by atomic mass is 16.7. The Kier molecular flexibility index (Phi) is 12.5. The van der Waals surface area contributed by atoms with E-state index in [-0.39, 0.29) is 43.9 Å². The van der Waals surface area contributed by atoms with Crippen LogP contribution in [0.25, 0.3) is 21.9 Å². The van der Waals surface area contributed by atoms with Crippen molar-refractivity contribution in [1.29, 1.82) is 0 Å². The molecule has 0 saturated carbocycles. The minimum atomic E-state index is -0.615. The van der Waals surface area contributed by atoms with Gasteiger partial charge in [-0.3, -0.25) is 9.69 Å². The number of carbonyl (C=O) groups is 2. The number of hydrogen-bond acceptors (Lipinski definition) is 7. The van der Waals surface area contributed by atoms with E-state index in [9.17, 15) is 14.7 Å². The monoisotopic (exact) mass is 715 g/mol. The molecule has 0 aliphatic carbocycles.